The van der Waals surface area contributed by atoms with Crippen LogP contribution >= 0.6 is 12.2 Å². The number of nitrogens with zero attached hydrogens (tertiary/aromatic N) is 1. The zero-order valence-corrected chi connectivity index (χ0v) is 11.7. The number of thiocarbonyl (C=S) groups is 1. The van der Waals surface area contributed by atoms with Gasteiger partial charge in [-0.25, -0.2) is 0 Å². The van der Waals surface area contributed by atoms with Gasteiger partial charge in [0.2, 0.25) is 0 Å². The fraction of sp³-hybridized carbons (Fsp3) is 0.462. The predicted octanol–water partition coefficient (Wildman–Crippen LogP) is 2.41. The molecule has 0 radical (unpaired) electrons. The minimum Gasteiger partial charge on any atom is -0.497 e. The summed E-state index contributed by atoms with van der Waals surface area (Å²) >= 11 is 5.29. The van der Waals surface area contributed by atoms with E-state index in [2.05, 4.69) is 19.2 Å². The van der Waals surface area contributed by atoms with Crippen LogP contribution in [-0.4, -0.2) is 30.2 Å². The van der Waals surface area contributed by atoms with Crippen molar-refractivity contribution in [1.29, 1.82) is 0 Å². The number of hydrogen-bond acceptors (Lipinski definition) is 2. The number of benzene rings is 1. The van der Waals surface area contributed by atoms with E-state index in [4.69, 9.17) is 17.0 Å². The lowest BCUT2D eigenvalue weighted by atomic mass is 10.2. The van der Waals surface area contributed by atoms with Crippen molar-refractivity contribution in [1.82, 2.24) is 10.2 Å². The monoisotopic (exact) mass is 252 g/mol. The largest absolute Gasteiger partial charge is 0.497 e. The average molecular weight is 252 g/mol. The summed E-state index contributed by atoms with van der Waals surface area (Å²) in [6.45, 7) is 4.96. The van der Waals surface area contributed by atoms with Gasteiger partial charge in [0.1, 0.15) is 5.75 Å². The maximum atomic E-state index is 5.29. The number of hydrogen-bond donors (Lipinski definition) is 1. The Labute approximate surface area is 109 Å². The molecule has 0 spiro atoms. The number of nitrogens with one attached hydrogen (secondary N) is 1. The lowest BCUT2D eigenvalue weighted by Crippen LogP contribution is -2.40. The summed E-state index contributed by atoms with van der Waals surface area (Å²) in [7, 11) is 3.66. The van der Waals surface area contributed by atoms with Crippen LogP contribution in [0, 0.1) is 0 Å². The van der Waals surface area contributed by atoms with E-state index in [0.717, 1.165) is 17.4 Å². The standard InChI is InChI=1S/C13H20N2OS/c1-10(2)15(3)13(17)14-9-11-5-7-12(16-4)8-6-11/h5-8,10H,9H2,1-4H3,(H,14,17). The average Bonchev–Trinajstić information content (AvgIpc) is 2.35. The van der Waals surface area contributed by atoms with Gasteiger partial charge in [-0.3, -0.25) is 0 Å². The fourth-order valence-corrected chi connectivity index (χ4v) is 1.56. The van der Waals surface area contributed by atoms with Crippen LogP contribution in [0.3, 0.4) is 0 Å². The molecule has 0 saturated heterocycles. The smallest absolute Gasteiger partial charge is 0.169 e. The second-order valence-electron chi connectivity index (χ2n) is 4.21. The van der Waals surface area contributed by atoms with Crippen molar-refractivity contribution in [2.45, 2.75) is 26.4 Å². The van der Waals surface area contributed by atoms with Crippen LogP contribution in [0.2, 0.25) is 0 Å². The van der Waals surface area contributed by atoms with E-state index in [9.17, 15) is 0 Å². The Morgan fingerprint density at radius 1 is 1.35 bits per heavy atom. The summed E-state index contributed by atoms with van der Waals surface area (Å²) in [5.41, 5.74) is 1.19. The molecule has 0 aliphatic rings. The van der Waals surface area contributed by atoms with Crippen LogP contribution in [-0.2, 0) is 6.54 Å². The number of methoxy groups -OCH3 is 1. The van der Waals surface area contributed by atoms with Gasteiger partial charge in [-0.1, -0.05) is 12.1 Å². The summed E-state index contributed by atoms with van der Waals surface area (Å²) in [5, 5.41) is 4.01. The molecule has 0 aromatic heterocycles. The Hall–Kier alpha value is -1.29. The summed E-state index contributed by atoms with van der Waals surface area (Å²) < 4.78 is 5.11. The predicted molar refractivity (Wildman–Crippen MR) is 75.3 cm³/mol. The van der Waals surface area contributed by atoms with Crippen molar-refractivity contribution in [3.8, 4) is 5.75 Å². The third-order valence-corrected chi connectivity index (χ3v) is 3.13. The van der Waals surface area contributed by atoms with Crippen LogP contribution in [0.15, 0.2) is 24.3 Å². The van der Waals surface area contributed by atoms with E-state index in [1.54, 1.807) is 7.11 Å². The van der Waals surface area contributed by atoms with Crippen LogP contribution in [0.4, 0.5) is 0 Å². The minimum atomic E-state index is 0.408. The molecule has 1 N–H and O–H groups in total. The molecule has 0 atom stereocenters. The maximum Gasteiger partial charge on any atom is 0.169 e. The summed E-state index contributed by atoms with van der Waals surface area (Å²) in [6, 6.07) is 8.37. The highest BCUT2D eigenvalue weighted by atomic mass is 32.1. The van der Waals surface area contributed by atoms with Crippen LogP contribution < -0.4 is 10.1 Å². The normalized spacial score (nSPS) is 10.2. The summed E-state index contributed by atoms with van der Waals surface area (Å²) in [5.74, 6) is 0.871. The topological polar surface area (TPSA) is 24.5 Å². The van der Waals surface area contributed by atoms with Gasteiger partial charge in [0.15, 0.2) is 5.11 Å². The van der Waals surface area contributed by atoms with E-state index in [1.165, 1.54) is 5.56 Å². The molecule has 0 amide bonds. The Bertz CT molecular complexity index is 362. The third kappa shape index (κ3) is 4.23. The van der Waals surface area contributed by atoms with Gasteiger partial charge in [0.25, 0.3) is 0 Å². The van der Waals surface area contributed by atoms with E-state index in [0.29, 0.717) is 6.04 Å². The number of rotatable bonds is 4. The second-order valence-corrected chi connectivity index (χ2v) is 4.60. The zero-order valence-electron chi connectivity index (χ0n) is 10.9. The highest BCUT2D eigenvalue weighted by Crippen LogP contribution is 2.11. The quantitative estimate of drug-likeness (QED) is 0.832. The lowest BCUT2D eigenvalue weighted by molar-refractivity contribution is 0.410. The highest BCUT2D eigenvalue weighted by Gasteiger charge is 2.06. The van der Waals surface area contributed by atoms with Gasteiger partial charge in [-0.05, 0) is 43.8 Å². The fourth-order valence-electron chi connectivity index (χ4n) is 1.28. The summed E-state index contributed by atoms with van der Waals surface area (Å²) in [4.78, 5) is 2.04. The van der Waals surface area contributed by atoms with E-state index >= 15 is 0 Å². The first kappa shape index (κ1) is 13.8. The van der Waals surface area contributed by atoms with Gasteiger partial charge in [-0.2, -0.15) is 0 Å². The van der Waals surface area contributed by atoms with Crippen molar-refractivity contribution in [3.05, 3.63) is 29.8 Å². The Morgan fingerprint density at radius 3 is 2.41 bits per heavy atom. The molecule has 1 aromatic rings. The second kappa shape index (κ2) is 6.45. The van der Waals surface area contributed by atoms with Crippen molar-refractivity contribution in [2.75, 3.05) is 14.2 Å². The van der Waals surface area contributed by atoms with Crippen molar-refractivity contribution in [2.24, 2.45) is 0 Å². The Morgan fingerprint density at radius 2 is 1.94 bits per heavy atom. The van der Waals surface area contributed by atoms with Crippen LogP contribution in [0.5, 0.6) is 5.75 Å². The molecule has 1 aromatic carbocycles. The van der Waals surface area contributed by atoms with Gasteiger partial charge >= 0.3 is 0 Å². The molecule has 94 valence electrons. The zero-order chi connectivity index (χ0) is 12.8. The molecule has 0 bridgehead atoms. The third-order valence-electron chi connectivity index (χ3n) is 2.70. The lowest BCUT2D eigenvalue weighted by Gasteiger charge is -2.24. The van der Waals surface area contributed by atoms with E-state index in [1.807, 2.05) is 36.2 Å². The molecule has 3 nitrogen and oxygen atoms in total. The van der Waals surface area contributed by atoms with Crippen molar-refractivity contribution >= 4 is 17.3 Å². The Balaban J connectivity index is 2.47. The Kier molecular flexibility index (Phi) is 5.22. The van der Waals surface area contributed by atoms with Gasteiger partial charge < -0.3 is 15.0 Å². The molecular formula is C13H20N2OS. The molecule has 0 unspecified atom stereocenters. The van der Waals surface area contributed by atoms with Gasteiger partial charge in [0.05, 0.1) is 7.11 Å². The summed E-state index contributed by atoms with van der Waals surface area (Å²) in [6.07, 6.45) is 0. The SMILES string of the molecule is COc1ccc(CNC(=S)N(C)C(C)C)cc1. The minimum absolute atomic E-state index is 0.408. The molecule has 17 heavy (non-hydrogen) atoms. The van der Waals surface area contributed by atoms with E-state index in [-0.39, 0.29) is 0 Å². The molecule has 0 heterocycles. The maximum absolute atomic E-state index is 5.29. The highest BCUT2D eigenvalue weighted by molar-refractivity contribution is 7.80. The first-order valence-electron chi connectivity index (χ1n) is 5.68. The first-order valence-corrected chi connectivity index (χ1v) is 6.09. The molecule has 1 rings (SSSR count). The molecule has 0 fully saturated rings. The van der Waals surface area contributed by atoms with E-state index < -0.39 is 0 Å². The van der Waals surface area contributed by atoms with Gasteiger partial charge in [0, 0.05) is 19.6 Å². The molecule has 0 saturated carbocycles. The number of ether oxygens (including phenoxy) is 1. The molecule has 4 heteroatoms. The molecule has 0 aliphatic heterocycles. The van der Waals surface area contributed by atoms with Crippen molar-refractivity contribution < 1.29 is 4.74 Å². The van der Waals surface area contributed by atoms with Gasteiger partial charge in [-0.15, -0.1) is 0 Å². The van der Waals surface area contributed by atoms with Crippen LogP contribution in [0.1, 0.15) is 19.4 Å². The van der Waals surface area contributed by atoms with Crippen molar-refractivity contribution in [3.63, 3.8) is 0 Å². The first-order chi connectivity index (χ1) is 8.04. The molecule has 0 aliphatic carbocycles. The molecular weight excluding hydrogens is 232 g/mol. The van der Waals surface area contributed by atoms with Crippen LogP contribution in [0.25, 0.3) is 0 Å².